The minimum absolute atomic E-state index is 0.0164. The van der Waals surface area contributed by atoms with Crippen molar-refractivity contribution in [2.45, 2.75) is 13.0 Å². The van der Waals surface area contributed by atoms with Crippen LogP contribution in [-0.2, 0) is 9.47 Å². The van der Waals surface area contributed by atoms with E-state index in [1.807, 2.05) is 11.8 Å². The molecule has 0 bridgehead atoms. The molecule has 0 aliphatic carbocycles. The lowest BCUT2D eigenvalue weighted by Gasteiger charge is -2.30. The average molecular weight is 303 g/mol. The van der Waals surface area contributed by atoms with E-state index in [4.69, 9.17) is 26.2 Å². The molecule has 0 fully saturated rings. The molecule has 20 heavy (non-hydrogen) atoms. The number of carboxylic acids is 1. The van der Waals surface area contributed by atoms with Crippen molar-refractivity contribution in [1.29, 1.82) is 0 Å². The summed E-state index contributed by atoms with van der Waals surface area (Å²) in [6, 6.07) is 2.83. The van der Waals surface area contributed by atoms with E-state index in [-0.39, 0.29) is 16.8 Å². The summed E-state index contributed by atoms with van der Waals surface area (Å²) in [5.41, 5.74) is 0.104. The van der Waals surface area contributed by atoms with E-state index in [0.717, 1.165) is 0 Å². The molecule has 0 amide bonds. The molecule has 0 saturated carbocycles. The van der Waals surface area contributed by atoms with Gasteiger partial charge < -0.3 is 19.5 Å². The van der Waals surface area contributed by atoms with Crippen molar-refractivity contribution < 1.29 is 19.4 Å². The van der Waals surface area contributed by atoms with Gasteiger partial charge in [0.25, 0.3) is 0 Å². The highest BCUT2D eigenvalue weighted by Crippen LogP contribution is 2.20. The number of ether oxygens (including phenoxy) is 2. The van der Waals surface area contributed by atoms with E-state index in [9.17, 15) is 4.79 Å². The average Bonchev–Trinajstić information content (AvgIpc) is 2.38. The second-order valence-electron chi connectivity index (χ2n) is 4.33. The molecule has 112 valence electrons. The van der Waals surface area contributed by atoms with Crippen LogP contribution in [-0.4, -0.2) is 56.1 Å². The molecule has 7 heteroatoms. The van der Waals surface area contributed by atoms with Crippen molar-refractivity contribution in [3.8, 4) is 0 Å². The Labute approximate surface area is 123 Å². The highest BCUT2D eigenvalue weighted by molar-refractivity contribution is 6.29. The Kier molecular flexibility index (Phi) is 6.70. The van der Waals surface area contributed by atoms with Gasteiger partial charge in [-0.2, -0.15) is 0 Å². The lowest BCUT2D eigenvalue weighted by molar-refractivity contribution is 0.0696. The maximum atomic E-state index is 11.1. The van der Waals surface area contributed by atoms with E-state index in [1.54, 1.807) is 14.2 Å². The fraction of sp³-hybridized carbons (Fsp3) is 0.538. The molecule has 1 heterocycles. The largest absolute Gasteiger partial charge is 0.478 e. The van der Waals surface area contributed by atoms with E-state index < -0.39 is 5.97 Å². The number of carbonyl (C=O) groups is 1. The molecular weight excluding hydrogens is 284 g/mol. The molecule has 0 aromatic carbocycles. The zero-order valence-corrected chi connectivity index (χ0v) is 12.6. The maximum absolute atomic E-state index is 11.1. The standard InChI is InChI=1S/C13H19ClN2O4/c1-9(8-20-3)16(4-5-19-2)12-7-10(13(17)18)6-11(14)15-12/h6-7,9H,4-5,8H2,1-3H3,(H,17,18). The summed E-state index contributed by atoms with van der Waals surface area (Å²) in [4.78, 5) is 17.2. The van der Waals surface area contributed by atoms with Gasteiger partial charge in [0.05, 0.1) is 24.8 Å². The van der Waals surface area contributed by atoms with Gasteiger partial charge in [-0.15, -0.1) is 0 Å². The third-order valence-electron chi connectivity index (χ3n) is 2.80. The highest BCUT2D eigenvalue weighted by Gasteiger charge is 2.18. The van der Waals surface area contributed by atoms with Crippen LogP contribution in [0.15, 0.2) is 12.1 Å². The van der Waals surface area contributed by atoms with Gasteiger partial charge in [0.1, 0.15) is 11.0 Å². The third-order valence-corrected chi connectivity index (χ3v) is 2.99. The molecule has 1 aromatic rings. The predicted molar refractivity (Wildman–Crippen MR) is 76.8 cm³/mol. The molecule has 1 aromatic heterocycles. The fourth-order valence-corrected chi connectivity index (χ4v) is 2.04. The van der Waals surface area contributed by atoms with Crippen molar-refractivity contribution in [3.63, 3.8) is 0 Å². The minimum Gasteiger partial charge on any atom is -0.478 e. The molecule has 1 N–H and O–H groups in total. The Balaban J connectivity index is 3.08. The first-order valence-corrected chi connectivity index (χ1v) is 6.52. The Morgan fingerprint density at radius 1 is 1.45 bits per heavy atom. The van der Waals surface area contributed by atoms with Gasteiger partial charge in [0.15, 0.2) is 0 Å². The van der Waals surface area contributed by atoms with Gasteiger partial charge in [-0.05, 0) is 19.1 Å². The summed E-state index contributed by atoms with van der Waals surface area (Å²) in [5, 5.41) is 9.22. The zero-order chi connectivity index (χ0) is 15.1. The monoisotopic (exact) mass is 302 g/mol. The summed E-state index contributed by atoms with van der Waals surface area (Å²) >= 11 is 5.89. The highest BCUT2D eigenvalue weighted by atomic mass is 35.5. The van der Waals surface area contributed by atoms with E-state index >= 15 is 0 Å². The molecule has 0 radical (unpaired) electrons. The second kappa shape index (κ2) is 8.04. The number of hydrogen-bond acceptors (Lipinski definition) is 5. The molecular formula is C13H19ClN2O4. The smallest absolute Gasteiger partial charge is 0.335 e. The van der Waals surface area contributed by atoms with Gasteiger partial charge in [0, 0.05) is 20.8 Å². The number of aromatic carboxylic acids is 1. The molecule has 0 saturated heterocycles. The number of aromatic nitrogens is 1. The Morgan fingerprint density at radius 3 is 2.70 bits per heavy atom. The van der Waals surface area contributed by atoms with Gasteiger partial charge in [-0.3, -0.25) is 0 Å². The number of anilines is 1. The molecule has 1 rings (SSSR count). The Morgan fingerprint density at radius 2 is 2.15 bits per heavy atom. The van der Waals surface area contributed by atoms with Crippen molar-refractivity contribution in [1.82, 2.24) is 4.98 Å². The first-order chi connectivity index (χ1) is 9.49. The van der Waals surface area contributed by atoms with Crippen LogP contribution >= 0.6 is 11.6 Å². The predicted octanol–water partition coefficient (Wildman–Crippen LogP) is 1.92. The van der Waals surface area contributed by atoms with Crippen molar-refractivity contribution in [2.24, 2.45) is 0 Å². The van der Waals surface area contributed by atoms with E-state index in [2.05, 4.69) is 4.98 Å². The van der Waals surface area contributed by atoms with Gasteiger partial charge in [0.2, 0.25) is 0 Å². The molecule has 0 aliphatic rings. The first-order valence-electron chi connectivity index (χ1n) is 6.15. The lowest BCUT2D eigenvalue weighted by Crippen LogP contribution is -2.39. The van der Waals surface area contributed by atoms with Crippen LogP contribution in [0.1, 0.15) is 17.3 Å². The second-order valence-corrected chi connectivity index (χ2v) is 4.72. The van der Waals surface area contributed by atoms with Crippen molar-refractivity contribution in [2.75, 3.05) is 38.9 Å². The first kappa shape index (κ1) is 16.7. The minimum atomic E-state index is -1.04. The molecule has 1 atom stereocenters. The fourth-order valence-electron chi connectivity index (χ4n) is 1.84. The van der Waals surface area contributed by atoms with Crippen molar-refractivity contribution in [3.05, 3.63) is 22.8 Å². The number of rotatable bonds is 8. The lowest BCUT2D eigenvalue weighted by atomic mass is 10.2. The maximum Gasteiger partial charge on any atom is 0.335 e. The number of carboxylic acid groups (broad SMARTS) is 1. The molecule has 6 nitrogen and oxygen atoms in total. The summed E-state index contributed by atoms with van der Waals surface area (Å²) in [6.45, 7) is 3.50. The summed E-state index contributed by atoms with van der Waals surface area (Å²) in [7, 11) is 3.21. The van der Waals surface area contributed by atoms with Gasteiger partial charge >= 0.3 is 5.97 Å². The SMILES string of the molecule is COCCN(c1cc(C(=O)O)cc(Cl)n1)C(C)COC. The summed E-state index contributed by atoms with van der Waals surface area (Å²) < 4.78 is 10.2. The van der Waals surface area contributed by atoms with Crippen LogP contribution in [0.5, 0.6) is 0 Å². The normalized spacial score (nSPS) is 12.2. The van der Waals surface area contributed by atoms with Crippen LogP contribution in [0.2, 0.25) is 5.15 Å². The quantitative estimate of drug-likeness (QED) is 0.740. The summed E-state index contributed by atoms with van der Waals surface area (Å²) in [5.74, 6) is -0.543. The third kappa shape index (κ3) is 4.63. The Bertz CT molecular complexity index is 456. The topological polar surface area (TPSA) is 71.9 Å². The number of pyridine rings is 1. The van der Waals surface area contributed by atoms with Crippen LogP contribution in [0.4, 0.5) is 5.82 Å². The van der Waals surface area contributed by atoms with Crippen molar-refractivity contribution >= 4 is 23.4 Å². The van der Waals surface area contributed by atoms with Crippen LogP contribution in [0.3, 0.4) is 0 Å². The number of hydrogen-bond donors (Lipinski definition) is 1. The number of halogens is 1. The molecule has 1 unspecified atom stereocenters. The van der Waals surface area contributed by atoms with Crippen LogP contribution in [0.25, 0.3) is 0 Å². The molecule has 0 aliphatic heterocycles. The van der Waals surface area contributed by atoms with Gasteiger partial charge in [-0.25, -0.2) is 9.78 Å². The Hall–Kier alpha value is -1.37. The summed E-state index contributed by atoms with van der Waals surface area (Å²) in [6.07, 6.45) is 0. The zero-order valence-electron chi connectivity index (χ0n) is 11.8. The van der Waals surface area contributed by atoms with Crippen LogP contribution < -0.4 is 4.90 Å². The van der Waals surface area contributed by atoms with E-state index in [1.165, 1.54) is 12.1 Å². The van der Waals surface area contributed by atoms with Crippen LogP contribution in [0, 0.1) is 0 Å². The molecule has 0 spiro atoms. The van der Waals surface area contributed by atoms with Gasteiger partial charge in [-0.1, -0.05) is 11.6 Å². The number of nitrogens with zero attached hydrogens (tertiary/aromatic N) is 2. The number of methoxy groups -OCH3 is 2. The van der Waals surface area contributed by atoms with E-state index in [0.29, 0.717) is 25.6 Å².